The normalized spacial score (nSPS) is 10.2. The Morgan fingerprint density at radius 3 is 2.94 bits per heavy atom. The van der Waals surface area contributed by atoms with Crippen molar-refractivity contribution >= 4 is 17.2 Å². The summed E-state index contributed by atoms with van der Waals surface area (Å²) >= 11 is 1.47. The van der Waals surface area contributed by atoms with Gasteiger partial charge in [0.1, 0.15) is 0 Å². The summed E-state index contributed by atoms with van der Waals surface area (Å²) in [7, 11) is 0. The van der Waals surface area contributed by atoms with E-state index in [1.807, 2.05) is 17.5 Å². The van der Waals surface area contributed by atoms with Gasteiger partial charge in [0.15, 0.2) is 5.82 Å². The van der Waals surface area contributed by atoms with Crippen molar-refractivity contribution in [3.8, 4) is 0 Å². The van der Waals surface area contributed by atoms with Gasteiger partial charge in [-0.25, -0.2) is 9.37 Å². The van der Waals surface area contributed by atoms with E-state index in [2.05, 4.69) is 10.3 Å². The number of thiophene rings is 1. The average molecular weight is 254 g/mol. The Bertz CT molecular complexity index is 528. The highest BCUT2D eigenvalue weighted by atomic mass is 32.1. The van der Waals surface area contributed by atoms with E-state index >= 15 is 0 Å². The number of carbonyl (C=O) groups is 1. The number of aromatic nitrogens is 1. The minimum atomic E-state index is -1.27. The van der Waals surface area contributed by atoms with Crippen molar-refractivity contribution in [2.75, 3.05) is 0 Å². The van der Waals surface area contributed by atoms with Crippen molar-refractivity contribution in [1.82, 2.24) is 10.3 Å². The Morgan fingerprint density at radius 1 is 1.41 bits per heavy atom. The quantitative estimate of drug-likeness (QED) is 0.854. The van der Waals surface area contributed by atoms with Gasteiger partial charge in [-0.1, -0.05) is 6.07 Å². The molecular weight excluding hydrogens is 246 g/mol. The highest BCUT2D eigenvalue weighted by Crippen LogP contribution is 2.11. The van der Waals surface area contributed by atoms with Crippen LogP contribution in [0.15, 0.2) is 29.8 Å². The van der Waals surface area contributed by atoms with E-state index in [9.17, 15) is 13.6 Å². The molecule has 2 rings (SSSR count). The van der Waals surface area contributed by atoms with Gasteiger partial charge in [-0.3, -0.25) is 4.79 Å². The summed E-state index contributed by atoms with van der Waals surface area (Å²) in [5, 5.41) is 4.38. The van der Waals surface area contributed by atoms with Crippen LogP contribution in [0.25, 0.3) is 0 Å². The molecule has 17 heavy (non-hydrogen) atoms. The standard InChI is InChI=1S/C11H8F2N2OS/c12-9-8(3-4-14-10(9)13)11(16)15-6-7-2-1-5-17-7/h1-5H,6H2,(H,15,16). The zero-order chi connectivity index (χ0) is 12.3. The zero-order valence-electron chi connectivity index (χ0n) is 8.61. The highest BCUT2D eigenvalue weighted by molar-refractivity contribution is 7.09. The Hall–Kier alpha value is -1.82. The van der Waals surface area contributed by atoms with E-state index < -0.39 is 17.7 Å². The third-order valence-electron chi connectivity index (χ3n) is 2.09. The Kier molecular flexibility index (Phi) is 3.43. The van der Waals surface area contributed by atoms with Crippen LogP contribution in [0.5, 0.6) is 0 Å². The molecule has 0 atom stereocenters. The SMILES string of the molecule is O=C(NCc1cccs1)c1ccnc(F)c1F. The molecule has 2 aromatic heterocycles. The molecule has 1 amide bonds. The van der Waals surface area contributed by atoms with E-state index in [0.717, 1.165) is 17.1 Å². The summed E-state index contributed by atoms with van der Waals surface area (Å²) in [6, 6.07) is 4.83. The number of nitrogens with one attached hydrogen (secondary N) is 1. The largest absolute Gasteiger partial charge is 0.347 e. The molecule has 2 aromatic rings. The fourth-order valence-corrected chi connectivity index (χ4v) is 1.91. The first-order chi connectivity index (χ1) is 8.18. The number of hydrogen-bond donors (Lipinski definition) is 1. The van der Waals surface area contributed by atoms with Crippen LogP contribution >= 0.6 is 11.3 Å². The minimum Gasteiger partial charge on any atom is -0.347 e. The van der Waals surface area contributed by atoms with Crippen LogP contribution in [0.2, 0.25) is 0 Å². The topological polar surface area (TPSA) is 42.0 Å². The smallest absolute Gasteiger partial charge is 0.254 e. The molecule has 1 N–H and O–H groups in total. The third-order valence-corrected chi connectivity index (χ3v) is 2.97. The molecule has 88 valence electrons. The Labute approximate surface area is 100 Å². The van der Waals surface area contributed by atoms with Crippen molar-refractivity contribution in [1.29, 1.82) is 0 Å². The summed E-state index contributed by atoms with van der Waals surface area (Å²) in [5.74, 6) is -3.15. The van der Waals surface area contributed by atoms with Crippen LogP contribution < -0.4 is 5.32 Å². The molecule has 0 unspecified atom stereocenters. The van der Waals surface area contributed by atoms with Gasteiger partial charge in [0.2, 0.25) is 5.95 Å². The van der Waals surface area contributed by atoms with Crippen molar-refractivity contribution in [2.45, 2.75) is 6.54 Å². The summed E-state index contributed by atoms with van der Waals surface area (Å²) < 4.78 is 26.0. The molecule has 0 spiro atoms. The van der Waals surface area contributed by atoms with E-state index in [4.69, 9.17) is 0 Å². The number of amides is 1. The molecule has 0 aromatic carbocycles. The van der Waals surface area contributed by atoms with Gasteiger partial charge >= 0.3 is 0 Å². The van der Waals surface area contributed by atoms with Gasteiger partial charge in [-0.15, -0.1) is 11.3 Å². The predicted octanol–water partition coefficient (Wildman–Crippen LogP) is 2.35. The maximum atomic E-state index is 13.2. The van der Waals surface area contributed by atoms with E-state index in [0.29, 0.717) is 6.54 Å². The molecule has 0 bridgehead atoms. The molecule has 0 aliphatic rings. The first-order valence-electron chi connectivity index (χ1n) is 4.79. The van der Waals surface area contributed by atoms with Gasteiger partial charge < -0.3 is 5.32 Å². The molecule has 3 nitrogen and oxygen atoms in total. The highest BCUT2D eigenvalue weighted by Gasteiger charge is 2.15. The molecule has 0 saturated heterocycles. The minimum absolute atomic E-state index is 0.292. The van der Waals surface area contributed by atoms with Crippen molar-refractivity contribution < 1.29 is 13.6 Å². The lowest BCUT2D eigenvalue weighted by atomic mass is 10.2. The number of halogens is 2. The van der Waals surface area contributed by atoms with E-state index in [-0.39, 0.29) is 5.56 Å². The Balaban J connectivity index is 2.07. The maximum Gasteiger partial charge on any atom is 0.254 e. The van der Waals surface area contributed by atoms with Gasteiger partial charge in [0.25, 0.3) is 5.91 Å². The fourth-order valence-electron chi connectivity index (χ4n) is 1.27. The van der Waals surface area contributed by atoms with Crippen LogP contribution in [0.1, 0.15) is 15.2 Å². The van der Waals surface area contributed by atoms with Gasteiger partial charge in [-0.05, 0) is 17.5 Å². The number of carbonyl (C=O) groups excluding carboxylic acids is 1. The molecule has 0 aliphatic heterocycles. The second-order valence-corrected chi connectivity index (χ2v) is 4.26. The second-order valence-electron chi connectivity index (χ2n) is 3.23. The first kappa shape index (κ1) is 11.7. The molecule has 2 heterocycles. The summed E-state index contributed by atoms with van der Waals surface area (Å²) in [5.41, 5.74) is -0.339. The zero-order valence-corrected chi connectivity index (χ0v) is 9.43. The third kappa shape index (κ3) is 2.65. The van der Waals surface area contributed by atoms with Crippen LogP contribution in [-0.4, -0.2) is 10.9 Å². The van der Waals surface area contributed by atoms with E-state index in [1.165, 1.54) is 11.3 Å². The van der Waals surface area contributed by atoms with Gasteiger partial charge in [0.05, 0.1) is 12.1 Å². The molecule has 6 heteroatoms. The van der Waals surface area contributed by atoms with Crippen LogP contribution in [-0.2, 0) is 6.54 Å². The lowest BCUT2D eigenvalue weighted by Crippen LogP contribution is -2.24. The average Bonchev–Trinajstić information content (AvgIpc) is 2.82. The molecular formula is C11H8F2N2OS. The first-order valence-corrected chi connectivity index (χ1v) is 5.67. The Morgan fingerprint density at radius 2 is 2.24 bits per heavy atom. The fraction of sp³-hybridized carbons (Fsp3) is 0.0909. The molecule has 0 saturated carbocycles. The lowest BCUT2D eigenvalue weighted by Gasteiger charge is -2.04. The van der Waals surface area contributed by atoms with Gasteiger partial charge in [-0.2, -0.15) is 4.39 Å². The van der Waals surface area contributed by atoms with Crippen molar-refractivity contribution in [3.05, 3.63) is 52.0 Å². The summed E-state index contributed by atoms with van der Waals surface area (Å²) in [4.78, 5) is 15.6. The number of pyridine rings is 1. The predicted molar refractivity (Wildman–Crippen MR) is 59.6 cm³/mol. The molecule has 0 fully saturated rings. The number of hydrogen-bond acceptors (Lipinski definition) is 3. The molecule has 0 aliphatic carbocycles. The second kappa shape index (κ2) is 5.01. The summed E-state index contributed by atoms with van der Waals surface area (Å²) in [6.45, 7) is 0.292. The lowest BCUT2D eigenvalue weighted by molar-refractivity contribution is 0.0946. The van der Waals surface area contributed by atoms with Crippen molar-refractivity contribution in [2.24, 2.45) is 0 Å². The van der Waals surface area contributed by atoms with Crippen LogP contribution in [0.3, 0.4) is 0 Å². The van der Waals surface area contributed by atoms with Crippen LogP contribution in [0, 0.1) is 11.8 Å². The maximum absolute atomic E-state index is 13.2. The monoisotopic (exact) mass is 254 g/mol. The molecule has 0 radical (unpaired) electrons. The van der Waals surface area contributed by atoms with Crippen LogP contribution in [0.4, 0.5) is 8.78 Å². The van der Waals surface area contributed by atoms with Crippen molar-refractivity contribution in [3.63, 3.8) is 0 Å². The number of rotatable bonds is 3. The number of nitrogens with zero attached hydrogens (tertiary/aromatic N) is 1. The summed E-state index contributed by atoms with van der Waals surface area (Å²) in [6.07, 6.45) is 1.05. The van der Waals surface area contributed by atoms with E-state index in [1.54, 1.807) is 0 Å². The van der Waals surface area contributed by atoms with Gasteiger partial charge in [0, 0.05) is 11.1 Å².